The van der Waals surface area contributed by atoms with Gasteiger partial charge in [0.25, 0.3) is 5.91 Å². The molecular weight excluding hydrogens is 376 g/mol. The van der Waals surface area contributed by atoms with Crippen molar-refractivity contribution in [2.75, 3.05) is 7.11 Å². The highest BCUT2D eigenvalue weighted by Crippen LogP contribution is 2.22. The van der Waals surface area contributed by atoms with Gasteiger partial charge in [0, 0.05) is 5.02 Å². The normalized spacial score (nSPS) is 11.9. The van der Waals surface area contributed by atoms with Gasteiger partial charge >= 0.3 is 5.97 Å². The van der Waals surface area contributed by atoms with Crippen molar-refractivity contribution in [1.29, 1.82) is 0 Å². The van der Waals surface area contributed by atoms with Gasteiger partial charge in [0.15, 0.2) is 0 Å². The van der Waals surface area contributed by atoms with Gasteiger partial charge in [-0.3, -0.25) is 4.79 Å². The van der Waals surface area contributed by atoms with Gasteiger partial charge in [-0.15, -0.1) is 11.3 Å². The second-order valence-corrected chi connectivity index (χ2v) is 7.50. The van der Waals surface area contributed by atoms with E-state index >= 15 is 0 Å². The monoisotopic (exact) mass is 396 g/mol. The number of aryl methyl sites for hydroxylation is 1. The highest BCUT2D eigenvalue weighted by molar-refractivity contribution is 7.13. The summed E-state index contributed by atoms with van der Waals surface area (Å²) < 4.78 is 10.4. The molecule has 0 saturated carbocycles. The predicted octanol–water partition coefficient (Wildman–Crippen LogP) is 3.61. The van der Waals surface area contributed by atoms with Gasteiger partial charge < -0.3 is 14.8 Å². The number of hydrogen-bond donors (Lipinski definition) is 1. The van der Waals surface area contributed by atoms with E-state index in [1.54, 1.807) is 31.2 Å². The van der Waals surface area contributed by atoms with Crippen molar-refractivity contribution in [3.63, 3.8) is 0 Å². The van der Waals surface area contributed by atoms with Gasteiger partial charge in [0.05, 0.1) is 12.8 Å². The van der Waals surface area contributed by atoms with E-state index in [0.29, 0.717) is 26.4 Å². The number of esters is 1. The minimum absolute atomic E-state index is 0.0904. The summed E-state index contributed by atoms with van der Waals surface area (Å²) >= 11 is 7.08. The fourth-order valence-corrected chi connectivity index (χ4v) is 3.24. The molecule has 0 bridgehead atoms. The number of ether oxygens (including phenoxy) is 2. The first-order valence-corrected chi connectivity index (χ1v) is 9.24. The van der Waals surface area contributed by atoms with Crippen LogP contribution in [0.3, 0.4) is 0 Å². The summed E-state index contributed by atoms with van der Waals surface area (Å²) in [4.78, 5) is 29.2. The Morgan fingerprint density at radius 2 is 1.92 bits per heavy atom. The average molecular weight is 397 g/mol. The van der Waals surface area contributed by atoms with E-state index in [1.165, 1.54) is 18.4 Å². The fourth-order valence-electron chi connectivity index (χ4n) is 2.23. The SMILES string of the molecule is COC(=O)[C@@H](NC(=O)c1sc(COc2ccc(Cl)cc2)nc1C)C(C)C. The molecule has 1 N–H and O–H groups in total. The number of methoxy groups -OCH3 is 1. The van der Waals surface area contributed by atoms with E-state index in [2.05, 4.69) is 10.3 Å². The van der Waals surface area contributed by atoms with E-state index in [9.17, 15) is 9.59 Å². The Hall–Kier alpha value is -2.12. The molecule has 1 amide bonds. The van der Waals surface area contributed by atoms with Crippen LogP contribution in [0.15, 0.2) is 24.3 Å². The summed E-state index contributed by atoms with van der Waals surface area (Å²) in [6.07, 6.45) is 0. The molecule has 2 rings (SSSR count). The standard InChI is InChI=1S/C18H21ClN2O4S/c1-10(2)15(18(23)24-4)21-17(22)16-11(3)20-14(26-16)9-25-13-7-5-12(19)6-8-13/h5-8,10,15H,9H2,1-4H3,(H,21,22)/t15-/m0/s1. The van der Waals surface area contributed by atoms with Crippen LogP contribution in [0.25, 0.3) is 0 Å². The lowest BCUT2D eigenvalue weighted by Gasteiger charge is -2.19. The van der Waals surface area contributed by atoms with Crippen LogP contribution in [0.2, 0.25) is 5.02 Å². The molecule has 0 fully saturated rings. The van der Waals surface area contributed by atoms with Crippen LogP contribution in [0.1, 0.15) is 34.2 Å². The molecule has 0 radical (unpaired) electrons. The number of carbonyl (C=O) groups is 2. The second-order valence-electron chi connectivity index (χ2n) is 5.98. The summed E-state index contributed by atoms with van der Waals surface area (Å²) in [5, 5.41) is 4.02. The van der Waals surface area contributed by atoms with Crippen LogP contribution < -0.4 is 10.1 Å². The maximum atomic E-state index is 12.5. The molecule has 6 nitrogen and oxygen atoms in total. The summed E-state index contributed by atoms with van der Waals surface area (Å²) in [5.41, 5.74) is 0.592. The Bertz CT molecular complexity index is 774. The molecule has 140 valence electrons. The van der Waals surface area contributed by atoms with Gasteiger partial charge in [-0.1, -0.05) is 25.4 Å². The molecule has 1 aromatic carbocycles. The molecule has 8 heteroatoms. The molecule has 0 saturated heterocycles. The fraction of sp³-hybridized carbons (Fsp3) is 0.389. The third kappa shape index (κ3) is 5.19. The third-order valence-electron chi connectivity index (χ3n) is 3.63. The van der Waals surface area contributed by atoms with E-state index in [1.807, 2.05) is 13.8 Å². The number of nitrogens with one attached hydrogen (secondary N) is 1. The predicted molar refractivity (Wildman–Crippen MR) is 101 cm³/mol. The average Bonchev–Trinajstić information content (AvgIpc) is 2.99. The molecule has 1 heterocycles. The molecule has 1 atom stereocenters. The second kappa shape index (κ2) is 9.00. The number of benzene rings is 1. The number of hydrogen-bond acceptors (Lipinski definition) is 6. The van der Waals surface area contributed by atoms with Crippen LogP contribution in [-0.4, -0.2) is 30.0 Å². The number of carbonyl (C=O) groups excluding carboxylic acids is 2. The number of halogens is 1. The first-order chi connectivity index (χ1) is 12.3. The lowest BCUT2D eigenvalue weighted by atomic mass is 10.0. The van der Waals surface area contributed by atoms with E-state index in [-0.39, 0.29) is 18.4 Å². The van der Waals surface area contributed by atoms with Crippen LogP contribution in [0, 0.1) is 12.8 Å². The summed E-state index contributed by atoms with van der Waals surface area (Å²) in [6.45, 7) is 5.67. The minimum atomic E-state index is -0.706. The number of rotatable bonds is 7. The Morgan fingerprint density at radius 3 is 2.50 bits per heavy atom. The van der Waals surface area contributed by atoms with Gasteiger partial charge in [-0.25, -0.2) is 9.78 Å². The molecule has 26 heavy (non-hydrogen) atoms. The van der Waals surface area contributed by atoms with Crippen molar-refractivity contribution < 1.29 is 19.1 Å². The van der Waals surface area contributed by atoms with Crippen molar-refractivity contribution in [3.8, 4) is 5.75 Å². The van der Waals surface area contributed by atoms with E-state index in [4.69, 9.17) is 21.1 Å². The third-order valence-corrected chi connectivity index (χ3v) is 5.01. The largest absolute Gasteiger partial charge is 0.486 e. The van der Waals surface area contributed by atoms with Crippen LogP contribution >= 0.6 is 22.9 Å². The first kappa shape index (κ1) is 20.2. The number of aromatic nitrogens is 1. The highest BCUT2D eigenvalue weighted by Gasteiger charge is 2.27. The quantitative estimate of drug-likeness (QED) is 0.723. The van der Waals surface area contributed by atoms with Gasteiger partial charge in [0.2, 0.25) is 0 Å². The van der Waals surface area contributed by atoms with Gasteiger partial charge in [-0.2, -0.15) is 0 Å². The van der Waals surface area contributed by atoms with Crippen LogP contribution in [0.4, 0.5) is 0 Å². The Kier molecular flexibility index (Phi) is 6.99. The summed E-state index contributed by atoms with van der Waals surface area (Å²) in [6, 6.07) is 6.30. The topological polar surface area (TPSA) is 77.5 Å². The minimum Gasteiger partial charge on any atom is -0.486 e. The molecule has 0 aliphatic carbocycles. The van der Waals surface area contributed by atoms with Gasteiger partial charge in [-0.05, 0) is 37.1 Å². The van der Waals surface area contributed by atoms with Crippen molar-refractivity contribution >= 4 is 34.8 Å². The van der Waals surface area contributed by atoms with Crippen LogP contribution in [0.5, 0.6) is 5.75 Å². The lowest BCUT2D eigenvalue weighted by molar-refractivity contribution is -0.144. The first-order valence-electron chi connectivity index (χ1n) is 8.05. The smallest absolute Gasteiger partial charge is 0.328 e. The molecule has 2 aromatic rings. The maximum absolute atomic E-state index is 12.5. The van der Waals surface area contributed by atoms with Crippen molar-refractivity contribution in [1.82, 2.24) is 10.3 Å². The number of nitrogens with zero attached hydrogens (tertiary/aromatic N) is 1. The van der Waals surface area contributed by atoms with Crippen molar-refractivity contribution in [2.24, 2.45) is 5.92 Å². The molecule has 0 unspecified atom stereocenters. The maximum Gasteiger partial charge on any atom is 0.328 e. The van der Waals surface area contributed by atoms with Crippen molar-refractivity contribution in [3.05, 3.63) is 44.9 Å². The van der Waals surface area contributed by atoms with Crippen molar-refractivity contribution in [2.45, 2.75) is 33.4 Å². The number of thiazole rings is 1. The zero-order valence-corrected chi connectivity index (χ0v) is 16.6. The van der Waals surface area contributed by atoms with Gasteiger partial charge in [0.1, 0.15) is 28.3 Å². The Balaban J connectivity index is 2.05. The zero-order valence-electron chi connectivity index (χ0n) is 15.0. The number of amides is 1. The molecular formula is C18H21ClN2O4S. The molecule has 1 aromatic heterocycles. The highest BCUT2D eigenvalue weighted by atomic mass is 35.5. The zero-order chi connectivity index (χ0) is 19.3. The van der Waals surface area contributed by atoms with E-state index < -0.39 is 12.0 Å². The lowest BCUT2D eigenvalue weighted by Crippen LogP contribution is -2.44. The molecule has 0 aliphatic heterocycles. The summed E-state index contributed by atoms with van der Waals surface area (Å²) in [7, 11) is 1.30. The molecule has 0 aliphatic rings. The van der Waals surface area contributed by atoms with E-state index in [0.717, 1.165) is 0 Å². The molecule has 0 spiro atoms. The Morgan fingerprint density at radius 1 is 1.27 bits per heavy atom. The Labute approximate surface area is 161 Å². The van der Waals surface area contributed by atoms with Crippen LogP contribution in [-0.2, 0) is 16.1 Å². The summed E-state index contributed by atoms with van der Waals surface area (Å²) in [5.74, 6) is -0.241.